The molecule has 0 saturated heterocycles. The van der Waals surface area contributed by atoms with E-state index in [1.54, 1.807) is 54.6 Å². The second-order valence-electron chi connectivity index (χ2n) is 11.0. The van der Waals surface area contributed by atoms with Gasteiger partial charge in [0.15, 0.2) is 0 Å². The molecule has 50 heavy (non-hydrogen) atoms. The molecule has 0 radical (unpaired) electrons. The van der Waals surface area contributed by atoms with Gasteiger partial charge in [-0.2, -0.15) is 0 Å². The molecule has 0 aliphatic rings. The van der Waals surface area contributed by atoms with Crippen molar-refractivity contribution in [1.82, 2.24) is 0 Å². The van der Waals surface area contributed by atoms with Gasteiger partial charge in [-0.1, -0.05) is 25.3 Å². The zero-order chi connectivity index (χ0) is 35.8. The zero-order valence-electron chi connectivity index (χ0n) is 28.2. The Morgan fingerprint density at radius 1 is 0.480 bits per heavy atom. The van der Waals surface area contributed by atoms with Crippen LogP contribution in [0.15, 0.2) is 104 Å². The molecular weight excluding hydrogens is 640 g/mol. The van der Waals surface area contributed by atoms with E-state index < -0.39 is 23.9 Å². The van der Waals surface area contributed by atoms with Crippen LogP contribution in [-0.2, 0) is 23.9 Å². The van der Waals surface area contributed by atoms with Crippen molar-refractivity contribution in [2.75, 3.05) is 26.4 Å². The van der Waals surface area contributed by atoms with E-state index in [0.29, 0.717) is 49.2 Å². The molecule has 0 atom stereocenters. The van der Waals surface area contributed by atoms with Gasteiger partial charge in [0.1, 0.15) is 23.0 Å². The Labute approximate surface area is 293 Å². The third-order valence-electron chi connectivity index (χ3n) is 7.07. The highest BCUT2D eigenvalue weighted by atomic mass is 16.5. The SMILES string of the molecule is C=CC(=O)OCCCCCCOc1ccc(/C=C/C(=O)Oc2ccc(OC(=O)c3ccc(OCCCCCCOC(=O)C=C)cc3)cc2)cc1. The van der Waals surface area contributed by atoms with Gasteiger partial charge in [0.25, 0.3) is 0 Å². The van der Waals surface area contributed by atoms with Crippen molar-refractivity contribution in [3.05, 3.63) is 115 Å². The first-order valence-corrected chi connectivity index (χ1v) is 16.6. The minimum Gasteiger partial charge on any atom is -0.494 e. The van der Waals surface area contributed by atoms with E-state index in [4.69, 9.17) is 28.4 Å². The summed E-state index contributed by atoms with van der Waals surface area (Å²) >= 11 is 0. The maximum absolute atomic E-state index is 12.6. The van der Waals surface area contributed by atoms with Crippen molar-refractivity contribution in [3.63, 3.8) is 0 Å². The van der Waals surface area contributed by atoms with Gasteiger partial charge in [0.05, 0.1) is 32.0 Å². The van der Waals surface area contributed by atoms with Crippen LogP contribution in [0.1, 0.15) is 67.3 Å². The third-order valence-corrected chi connectivity index (χ3v) is 7.07. The fraction of sp³-hybridized carbons (Fsp3) is 0.300. The predicted octanol–water partition coefficient (Wildman–Crippen LogP) is 7.86. The predicted molar refractivity (Wildman–Crippen MR) is 189 cm³/mol. The first kappa shape index (κ1) is 38.8. The van der Waals surface area contributed by atoms with E-state index in [9.17, 15) is 19.2 Å². The first-order chi connectivity index (χ1) is 24.4. The van der Waals surface area contributed by atoms with Gasteiger partial charge in [0.2, 0.25) is 0 Å². The maximum atomic E-state index is 12.6. The molecule has 264 valence electrons. The quantitative estimate of drug-likeness (QED) is 0.0422. The van der Waals surface area contributed by atoms with Gasteiger partial charge in [-0.05, 0) is 124 Å². The number of unbranched alkanes of at least 4 members (excludes halogenated alkanes) is 6. The van der Waals surface area contributed by atoms with Crippen LogP contribution in [0.4, 0.5) is 0 Å². The molecule has 0 bridgehead atoms. The number of benzene rings is 3. The summed E-state index contributed by atoms with van der Waals surface area (Å²) in [6.45, 7) is 8.62. The molecule has 3 aromatic carbocycles. The van der Waals surface area contributed by atoms with Crippen molar-refractivity contribution < 1.29 is 47.6 Å². The number of esters is 4. The van der Waals surface area contributed by atoms with Gasteiger partial charge in [0, 0.05) is 18.2 Å². The second-order valence-corrected chi connectivity index (χ2v) is 11.0. The van der Waals surface area contributed by atoms with Crippen molar-refractivity contribution in [2.24, 2.45) is 0 Å². The summed E-state index contributed by atoms with van der Waals surface area (Å²) in [6.07, 6.45) is 12.4. The van der Waals surface area contributed by atoms with E-state index in [0.717, 1.165) is 74.8 Å². The van der Waals surface area contributed by atoms with Crippen LogP contribution in [0.25, 0.3) is 6.08 Å². The minimum absolute atomic E-state index is 0.304. The lowest BCUT2D eigenvalue weighted by molar-refractivity contribution is -0.138. The highest BCUT2D eigenvalue weighted by Crippen LogP contribution is 2.21. The van der Waals surface area contributed by atoms with Crippen molar-refractivity contribution in [1.29, 1.82) is 0 Å². The monoisotopic (exact) mass is 684 g/mol. The lowest BCUT2D eigenvalue weighted by Crippen LogP contribution is -2.08. The van der Waals surface area contributed by atoms with Gasteiger partial charge in [-0.3, -0.25) is 0 Å². The summed E-state index contributed by atoms with van der Waals surface area (Å²) in [6, 6.07) is 20.2. The van der Waals surface area contributed by atoms with Gasteiger partial charge in [-0.15, -0.1) is 0 Å². The molecule has 0 fully saturated rings. The molecule has 0 spiro atoms. The Bertz CT molecular complexity index is 1540. The highest BCUT2D eigenvalue weighted by molar-refractivity contribution is 5.91. The summed E-state index contributed by atoms with van der Waals surface area (Å²) in [5, 5.41) is 0. The van der Waals surface area contributed by atoms with Crippen LogP contribution in [0.5, 0.6) is 23.0 Å². The molecule has 0 aliphatic heterocycles. The molecule has 0 aliphatic carbocycles. The van der Waals surface area contributed by atoms with Crippen LogP contribution in [0, 0.1) is 0 Å². The lowest BCUT2D eigenvalue weighted by atomic mass is 10.2. The van der Waals surface area contributed by atoms with E-state index in [-0.39, 0.29) is 0 Å². The van der Waals surface area contributed by atoms with Crippen LogP contribution in [0.2, 0.25) is 0 Å². The van der Waals surface area contributed by atoms with Crippen LogP contribution in [0.3, 0.4) is 0 Å². The summed E-state index contributed by atoms with van der Waals surface area (Å²) in [4.78, 5) is 46.9. The fourth-order valence-electron chi connectivity index (χ4n) is 4.38. The zero-order valence-corrected chi connectivity index (χ0v) is 28.2. The van der Waals surface area contributed by atoms with Gasteiger partial charge >= 0.3 is 23.9 Å². The maximum Gasteiger partial charge on any atom is 0.343 e. The lowest BCUT2D eigenvalue weighted by Gasteiger charge is -2.08. The third kappa shape index (κ3) is 16.0. The number of hydrogen-bond donors (Lipinski definition) is 0. The minimum atomic E-state index is -0.553. The molecule has 10 nitrogen and oxygen atoms in total. The summed E-state index contributed by atoms with van der Waals surface area (Å²) in [5.41, 5.74) is 1.17. The molecule has 0 unspecified atom stereocenters. The van der Waals surface area contributed by atoms with E-state index in [1.165, 1.54) is 6.08 Å². The summed E-state index contributed by atoms with van der Waals surface area (Å²) in [7, 11) is 0. The normalized spacial score (nSPS) is 10.6. The highest BCUT2D eigenvalue weighted by Gasteiger charge is 2.10. The smallest absolute Gasteiger partial charge is 0.343 e. The molecule has 0 saturated carbocycles. The Morgan fingerprint density at radius 3 is 1.38 bits per heavy atom. The van der Waals surface area contributed by atoms with Crippen LogP contribution in [-0.4, -0.2) is 50.3 Å². The Balaban J connectivity index is 1.30. The largest absolute Gasteiger partial charge is 0.494 e. The molecule has 0 heterocycles. The molecule has 0 amide bonds. The standard InChI is InChI=1S/C40H44O10/c1-3-37(41)47-29-11-7-5-9-27-45-33-18-13-31(14-19-33)15-26-39(43)49-35-22-24-36(25-23-35)50-40(44)32-16-20-34(21-17-32)46-28-10-6-8-12-30-48-38(42)4-2/h3-4,13-26H,1-2,5-12,27-30H2/b26-15+. The Morgan fingerprint density at radius 2 is 0.900 bits per heavy atom. The number of rotatable bonds is 23. The van der Waals surface area contributed by atoms with Crippen LogP contribution < -0.4 is 18.9 Å². The summed E-state index contributed by atoms with van der Waals surface area (Å²) in [5.74, 6) is 0.105. The average Bonchev–Trinajstić information content (AvgIpc) is 3.14. The van der Waals surface area contributed by atoms with E-state index in [1.807, 2.05) is 24.3 Å². The Hall–Kier alpha value is -5.64. The van der Waals surface area contributed by atoms with Crippen LogP contribution >= 0.6 is 0 Å². The van der Waals surface area contributed by atoms with Gasteiger partial charge < -0.3 is 28.4 Å². The molecule has 3 rings (SSSR count). The first-order valence-electron chi connectivity index (χ1n) is 16.6. The molecule has 3 aromatic rings. The van der Waals surface area contributed by atoms with Gasteiger partial charge in [-0.25, -0.2) is 19.2 Å². The second kappa shape index (κ2) is 22.8. The topological polar surface area (TPSA) is 124 Å². The summed E-state index contributed by atoms with van der Waals surface area (Å²) < 4.78 is 32.2. The Kier molecular flexibility index (Phi) is 17.7. The molecule has 0 aromatic heterocycles. The molecule has 0 N–H and O–H groups in total. The number of carbonyl (C=O) groups excluding carboxylic acids is 4. The number of carbonyl (C=O) groups is 4. The average molecular weight is 685 g/mol. The van der Waals surface area contributed by atoms with Crippen molar-refractivity contribution in [2.45, 2.75) is 51.4 Å². The van der Waals surface area contributed by atoms with E-state index >= 15 is 0 Å². The number of hydrogen-bond acceptors (Lipinski definition) is 10. The van der Waals surface area contributed by atoms with Crippen molar-refractivity contribution >= 4 is 30.0 Å². The van der Waals surface area contributed by atoms with E-state index in [2.05, 4.69) is 13.2 Å². The molecular formula is C40H44O10. The molecule has 10 heteroatoms. The van der Waals surface area contributed by atoms with Crippen molar-refractivity contribution in [3.8, 4) is 23.0 Å². The fourth-order valence-corrected chi connectivity index (χ4v) is 4.38. The number of ether oxygens (including phenoxy) is 6.